The van der Waals surface area contributed by atoms with Crippen LogP contribution in [-0.4, -0.2) is 19.2 Å². The van der Waals surface area contributed by atoms with E-state index < -0.39 is 19.2 Å². The summed E-state index contributed by atoms with van der Waals surface area (Å²) < 4.78 is 5.98. The third-order valence-electron chi connectivity index (χ3n) is 0.503. The summed E-state index contributed by atoms with van der Waals surface area (Å²) in [5.41, 5.74) is 0. The average molecular weight is 210 g/mol. The fourth-order valence-corrected chi connectivity index (χ4v) is 2.67. The molecular formula is C2H4ClN2Sn. The zero-order chi connectivity index (χ0) is 4.41. The van der Waals surface area contributed by atoms with Gasteiger partial charge in [-0.05, 0) is 0 Å². The normalized spacial score (nSPS) is 20.2. The first-order chi connectivity index (χ1) is 2.89. The van der Waals surface area contributed by atoms with Gasteiger partial charge in [0.1, 0.15) is 0 Å². The van der Waals surface area contributed by atoms with Gasteiger partial charge in [-0.2, -0.15) is 0 Å². The molecule has 1 aliphatic rings. The fourth-order valence-electron chi connectivity index (χ4n) is 0.271. The van der Waals surface area contributed by atoms with E-state index in [0.717, 1.165) is 0 Å². The van der Waals surface area contributed by atoms with Gasteiger partial charge in [0.25, 0.3) is 0 Å². The molecule has 0 fully saturated rings. The predicted octanol–water partition coefficient (Wildman–Crippen LogP) is -0.126. The SMILES string of the molecule is [Cl][Sn]1[NH]C=C[NH]1. The minimum absolute atomic E-state index is 1.64. The van der Waals surface area contributed by atoms with Crippen LogP contribution in [0.2, 0.25) is 0 Å². The number of halogens is 1. The number of hydrogen-bond donors (Lipinski definition) is 2. The topological polar surface area (TPSA) is 24.1 Å². The van der Waals surface area contributed by atoms with E-state index in [1.807, 2.05) is 12.4 Å². The van der Waals surface area contributed by atoms with Gasteiger partial charge in [-0.15, -0.1) is 0 Å². The molecule has 0 spiro atoms. The van der Waals surface area contributed by atoms with Crippen LogP contribution in [0.4, 0.5) is 0 Å². The molecule has 2 nitrogen and oxygen atoms in total. The third kappa shape index (κ3) is 0.943. The molecule has 0 saturated carbocycles. The van der Waals surface area contributed by atoms with Crippen LogP contribution >= 0.6 is 8.92 Å². The van der Waals surface area contributed by atoms with Crippen LogP contribution in [-0.2, 0) is 0 Å². The Bertz CT molecular complexity index is 65.9. The number of hydrogen-bond acceptors (Lipinski definition) is 2. The van der Waals surface area contributed by atoms with Gasteiger partial charge >= 0.3 is 47.6 Å². The molecule has 1 rings (SSSR count). The predicted molar refractivity (Wildman–Crippen MR) is 27.0 cm³/mol. The molecule has 0 unspecified atom stereocenters. The summed E-state index contributed by atoms with van der Waals surface area (Å²) in [6.07, 6.45) is 3.70. The van der Waals surface area contributed by atoms with Gasteiger partial charge in [-0.25, -0.2) is 0 Å². The molecule has 0 saturated heterocycles. The summed E-state index contributed by atoms with van der Waals surface area (Å²) in [5.74, 6) is 0. The molecule has 0 aromatic carbocycles. The van der Waals surface area contributed by atoms with E-state index >= 15 is 0 Å². The quantitative estimate of drug-likeness (QED) is 0.544. The summed E-state index contributed by atoms with van der Waals surface area (Å²) in [4.78, 5) is 0. The van der Waals surface area contributed by atoms with Crippen molar-refractivity contribution >= 4 is 28.1 Å². The maximum absolute atomic E-state index is 5.62. The van der Waals surface area contributed by atoms with E-state index in [1.54, 1.807) is 0 Å². The Labute approximate surface area is 47.7 Å². The summed E-state index contributed by atoms with van der Waals surface area (Å²) >= 11 is -1.64. The van der Waals surface area contributed by atoms with Crippen molar-refractivity contribution in [2.75, 3.05) is 0 Å². The molecule has 2 N–H and O–H groups in total. The Balaban J connectivity index is 2.32. The van der Waals surface area contributed by atoms with Crippen LogP contribution in [0.15, 0.2) is 12.4 Å². The van der Waals surface area contributed by atoms with E-state index in [0.29, 0.717) is 0 Å². The Morgan fingerprint density at radius 2 is 1.83 bits per heavy atom. The van der Waals surface area contributed by atoms with Crippen LogP contribution < -0.4 is 7.08 Å². The molecule has 0 aromatic rings. The van der Waals surface area contributed by atoms with Crippen LogP contribution in [0.3, 0.4) is 0 Å². The van der Waals surface area contributed by atoms with Crippen LogP contribution in [0.1, 0.15) is 0 Å². The second-order valence-electron chi connectivity index (χ2n) is 0.936. The van der Waals surface area contributed by atoms with Gasteiger partial charge in [0.2, 0.25) is 0 Å². The van der Waals surface area contributed by atoms with Crippen LogP contribution in [0.5, 0.6) is 0 Å². The molecule has 6 heavy (non-hydrogen) atoms. The first kappa shape index (κ1) is 4.58. The number of nitrogens with one attached hydrogen (secondary N) is 2. The maximum atomic E-state index is 5.62. The molecule has 1 aliphatic heterocycles. The Morgan fingerprint density at radius 1 is 1.33 bits per heavy atom. The zero-order valence-corrected chi connectivity index (χ0v) is 6.64. The molecule has 0 amide bonds. The van der Waals surface area contributed by atoms with Crippen molar-refractivity contribution in [2.45, 2.75) is 0 Å². The monoisotopic (exact) mass is 211 g/mol. The molecule has 1 radical (unpaired) electrons. The summed E-state index contributed by atoms with van der Waals surface area (Å²) in [6.45, 7) is 0. The van der Waals surface area contributed by atoms with Crippen LogP contribution in [0.25, 0.3) is 0 Å². The first-order valence-corrected chi connectivity index (χ1v) is 8.07. The summed E-state index contributed by atoms with van der Waals surface area (Å²) in [6, 6.07) is 0. The molecular weight excluding hydrogens is 206 g/mol. The molecule has 0 aliphatic carbocycles. The third-order valence-corrected chi connectivity index (χ3v) is 4.37. The van der Waals surface area contributed by atoms with E-state index in [9.17, 15) is 0 Å². The van der Waals surface area contributed by atoms with Crippen molar-refractivity contribution in [3.63, 3.8) is 0 Å². The fraction of sp³-hybridized carbons (Fsp3) is 0. The summed E-state index contributed by atoms with van der Waals surface area (Å²) in [5, 5.41) is 0. The molecule has 1 heterocycles. The van der Waals surface area contributed by atoms with Crippen molar-refractivity contribution in [3.05, 3.63) is 12.4 Å². The van der Waals surface area contributed by atoms with Gasteiger partial charge < -0.3 is 0 Å². The van der Waals surface area contributed by atoms with Crippen molar-refractivity contribution in [1.29, 1.82) is 0 Å². The molecule has 0 atom stereocenters. The van der Waals surface area contributed by atoms with Crippen molar-refractivity contribution < 1.29 is 0 Å². The second-order valence-corrected chi connectivity index (χ2v) is 6.91. The zero-order valence-electron chi connectivity index (χ0n) is 3.03. The van der Waals surface area contributed by atoms with Crippen LogP contribution in [0, 0.1) is 0 Å². The van der Waals surface area contributed by atoms with Gasteiger partial charge in [0.05, 0.1) is 0 Å². The molecule has 0 aromatic heterocycles. The minimum atomic E-state index is -1.64. The van der Waals surface area contributed by atoms with Gasteiger partial charge in [-0.3, -0.25) is 0 Å². The van der Waals surface area contributed by atoms with Crippen molar-refractivity contribution in [1.82, 2.24) is 7.08 Å². The van der Waals surface area contributed by atoms with E-state index in [-0.39, 0.29) is 0 Å². The Kier molecular flexibility index (Phi) is 1.47. The summed E-state index contributed by atoms with van der Waals surface area (Å²) in [7, 11) is 5.62. The van der Waals surface area contributed by atoms with E-state index in [2.05, 4.69) is 7.08 Å². The Hall–Kier alpha value is 0.429. The molecule has 4 heteroatoms. The standard InChI is InChI=1S/C2H4N2.ClH.Sn/c3-1-2-4;;/h1-4H;1H;/q-2;;+3/p-1. The van der Waals surface area contributed by atoms with Crippen molar-refractivity contribution in [2.24, 2.45) is 0 Å². The van der Waals surface area contributed by atoms with E-state index in [4.69, 9.17) is 8.92 Å². The molecule has 0 bridgehead atoms. The Morgan fingerprint density at radius 3 is 2.00 bits per heavy atom. The van der Waals surface area contributed by atoms with Crippen molar-refractivity contribution in [3.8, 4) is 0 Å². The van der Waals surface area contributed by atoms with Gasteiger partial charge in [0.15, 0.2) is 0 Å². The van der Waals surface area contributed by atoms with E-state index in [1.165, 1.54) is 0 Å². The van der Waals surface area contributed by atoms with Gasteiger partial charge in [-0.1, -0.05) is 0 Å². The van der Waals surface area contributed by atoms with Gasteiger partial charge in [0, 0.05) is 0 Å². The average Bonchev–Trinajstić information content (AvgIpc) is 1.86. The second kappa shape index (κ2) is 1.93. The molecule has 33 valence electrons. The first-order valence-electron chi connectivity index (χ1n) is 1.60. The number of rotatable bonds is 0.